The average Bonchev–Trinajstić information content (AvgIpc) is 2.93. The summed E-state index contributed by atoms with van der Waals surface area (Å²) >= 11 is 0. The Labute approximate surface area is 228 Å². The molecular weight excluding hydrogens is 468 g/mol. The summed E-state index contributed by atoms with van der Waals surface area (Å²) in [4.78, 5) is 15.2. The van der Waals surface area contributed by atoms with Crippen molar-refractivity contribution in [2.75, 3.05) is 7.11 Å². The summed E-state index contributed by atoms with van der Waals surface area (Å²) < 4.78 is 5.54. The highest BCUT2D eigenvalue weighted by Crippen LogP contribution is 2.55. The third-order valence-corrected chi connectivity index (χ3v) is 10.0. The molecule has 2 aromatic rings. The standard InChI is InChI=1S/C34H42N2O2/c1-4-6-7-29-17-28-18-30(38-3)12-13-31(28)33(36(29)32(37)5-2)27-10-8-23(9-11-27)22-35-34-19-24-14-25(20-34)16-26(15-24)21-34/h2,8-13,18,24-26,29,33,35H,4,6-7,14-17,19-22H2,1,3H3/t24?,25?,26?,29-,33-,34?/m0/s1. The van der Waals surface area contributed by atoms with Gasteiger partial charge in [0, 0.05) is 18.1 Å². The normalized spacial score (nSPS) is 31.1. The number of hydrogen-bond acceptors (Lipinski definition) is 3. The lowest BCUT2D eigenvalue weighted by atomic mass is 9.53. The Kier molecular flexibility index (Phi) is 6.99. The summed E-state index contributed by atoms with van der Waals surface area (Å²) in [5.41, 5.74) is 5.20. The van der Waals surface area contributed by atoms with E-state index in [9.17, 15) is 4.79 Å². The van der Waals surface area contributed by atoms with E-state index in [1.807, 2.05) is 11.0 Å². The number of carbonyl (C=O) groups is 1. The molecule has 2 atom stereocenters. The minimum absolute atomic E-state index is 0.0838. The molecule has 4 heteroatoms. The number of ether oxygens (including phenoxy) is 1. The molecule has 4 fully saturated rings. The number of rotatable bonds is 8. The van der Waals surface area contributed by atoms with Crippen LogP contribution in [0.15, 0.2) is 42.5 Å². The van der Waals surface area contributed by atoms with E-state index in [4.69, 9.17) is 11.2 Å². The summed E-state index contributed by atoms with van der Waals surface area (Å²) in [7, 11) is 1.71. The van der Waals surface area contributed by atoms with E-state index in [1.165, 1.54) is 49.7 Å². The quantitative estimate of drug-likeness (QED) is 0.417. The van der Waals surface area contributed by atoms with Crippen molar-refractivity contribution in [2.45, 2.75) is 95.3 Å². The zero-order valence-electron chi connectivity index (χ0n) is 23.0. The van der Waals surface area contributed by atoms with Crippen molar-refractivity contribution in [2.24, 2.45) is 17.8 Å². The monoisotopic (exact) mass is 510 g/mol. The van der Waals surface area contributed by atoms with Crippen LogP contribution in [0.5, 0.6) is 5.75 Å². The molecule has 7 rings (SSSR count). The molecule has 4 nitrogen and oxygen atoms in total. The highest BCUT2D eigenvalue weighted by atomic mass is 16.5. The van der Waals surface area contributed by atoms with Gasteiger partial charge in [-0.25, -0.2) is 0 Å². The van der Waals surface area contributed by atoms with Crippen LogP contribution in [0.2, 0.25) is 0 Å². The highest BCUT2D eigenvalue weighted by Gasteiger charge is 2.50. The largest absolute Gasteiger partial charge is 0.497 e. The molecule has 2 aromatic carbocycles. The van der Waals surface area contributed by atoms with E-state index >= 15 is 0 Å². The lowest BCUT2D eigenvalue weighted by Gasteiger charge is -2.57. The number of nitrogens with zero attached hydrogens (tertiary/aromatic N) is 1. The second-order valence-electron chi connectivity index (χ2n) is 12.6. The molecule has 1 N–H and O–H groups in total. The van der Waals surface area contributed by atoms with Crippen LogP contribution in [0.4, 0.5) is 0 Å². The molecule has 4 bridgehead atoms. The van der Waals surface area contributed by atoms with Crippen molar-refractivity contribution in [1.29, 1.82) is 0 Å². The van der Waals surface area contributed by atoms with Gasteiger partial charge < -0.3 is 15.0 Å². The Bertz CT molecular complexity index is 1170. The van der Waals surface area contributed by atoms with Crippen molar-refractivity contribution in [3.8, 4) is 18.1 Å². The maximum absolute atomic E-state index is 13.2. The molecule has 1 aliphatic heterocycles. The molecule has 0 radical (unpaired) electrons. The van der Waals surface area contributed by atoms with Crippen LogP contribution in [0, 0.1) is 30.1 Å². The number of terminal acetylenes is 1. The molecule has 1 heterocycles. The van der Waals surface area contributed by atoms with Gasteiger partial charge in [-0.3, -0.25) is 4.79 Å². The first-order valence-corrected chi connectivity index (χ1v) is 14.8. The second-order valence-corrected chi connectivity index (χ2v) is 12.6. The third kappa shape index (κ3) is 4.75. The van der Waals surface area contributed by atoms with Crippen LogP contribution in [-0.4, -0.2) is 29.5 Å². The average molecular weight is 511 g/mol. The van der Waals surface area contributed by atoms with Gasteiger partial charge in [-0.15, -0.1) is 6.42 Å². The Morgan fingerprint density at radius 1 is 1.08 bits per heavy atom. The summed E-state index contributed by atoms with van der Waals surface area (Å²) in [5.74, 6) is 5.92. The molecular formula is C34H42N2O2. The zero-order chi connectivity index (χ0) is 26.3. The van der Waals surface area contributed by atoms with Gasteiger partial charge in [-0.05, 0) is 109 Å². The van der Waals surface area contributed by atoms with Gasteiger partial charge >= 0.3 is 0 Å². The number of carbonyl (C=O) groups excluding carboxylic acids is 1. The summed E-state index contributed by atoms with van der Waals surface area (Å²) in [5, 5.41) is 4.03. The van der Waals surface area contributed by atoms with Crippen molar-refractivity contribution in [3.05, 3.63) is 64.7 Å². The Morgan fingerprint density at radius 2 is 1.76 bits per heavy atom. The van der Waals surface area contributed by atoms with Gasteiger partial charge in [0.1, 0.15) is 5.75 Å². The van der Waals surface area contributed by atoms with Crippen LogP contribution in [0.3, 0.4) is 0 Å². The Balaban J connectivity index is 1.26. The predicted octanol–water partition coefficient (Wildman–Crippen LogP) is 6.42. The van der Waals surface area contributed by atoms with Gasteiger partial charge in [-0.1, -0.05) is 50.1 Å². The highest BCUT2D eigenvalue weighted by molar-refractivity contribution is 5.94. The van der Waals surface area contributed by atoms with Crippen LogP contribution in [0.25, 0.3) is 0 Å². The molecule has 0 aromatic heterocycles. The predicted molar refractivity (Wildman–Crippen MR) is 152 cm³/mol. The fraction of sp³-hybridized carbons (Fsp3) is 0.559. The number of amides is 1. The number of unbranched alkanes of at least 4 members (excludes halogenated alkanes) is 1. The second kappa shape index (κ2) is 10.4. The minimum atomic E-state index is -0.217. The molecule has 4 aliphatic carbocycles. The zero-order valence-corrected chi connectivity index (χ0v) is 23.0. The first-order chi connectivity index (χ1) is 18.5. The summed E-state index contributed by atoms with van der Waals surface area (Å²) in [6.45, 7) is 3.11. The number of benzene rings is 2. The van der Waals surface area contributed by atoms with E-state index in [0.29, 0.717) is 5.54 Å². The van der Waals surface area contributed by atoms with E-state index in [-0.39, 0.29) is 18.0 Å². The third-order valence-electron chi connectivity index (χ3n) is 10.0. The van der Waals surface area contributed by atoms with Gasteiger partial charge in [-0.2, -0.15) is 0 Å². The SMILES string of the molecule is C#CC(=O)N1[C@@H](CCCC)Cc2cc(OC)ccc2[C@@H]1c1ccc(CNC23CC4CC(CC(C4)C2)C3)cc1. The van der Waals surface area contributed by atoms with Gasteiger partial charge in [0.25, 0.3) is 5.91 Å². The van der Waals surface area contributed by atoms with Crippen molar-refractivity contribution >= 4 is 5.91 Å². The maximum atomic E-state index is 13.2. The molecule has 1 amide bonds. The molecule has 5 aliphatic rings. The van der Waals surface area contributed by atoms with Crippen LogP contribution in [0.1, 0.15) is 93.0 Å². The molecule has 0 saturated heterocycles. The van der Waals surface area contributed by atoms with E-state index in [1.54, 1.807) is 7.11 Å². The van der Waals surface area contributed by atoms with Gasteiger partial charge in [0.05, 0.1) is 13.2 Å². The van der Waals surface area contributed by atoms with Crippen LogP contribution in [-0.2, 0) is 17.8 Å². The molecule has 0 unspecified atom stereocenters. The number of fused-ring (bicyclic) bond motifs is 1. The Hall–Kier alpha value is -2.77. The van der Waals surface area contributed by atoms with Crippen molar-refractivity contribution in [1.82, 2.24) is 10.2 Å². The number of nitrogens with one attached hydrogen (secondary N) is 1. The smallest absolute Gasteiger partial charge is 0.299 e. The topological polar surface area (TPSA) is 41.6 Å². The van der Waals surface area contributed by atoms with E-state index in [0.717, 1.165) is 66.9 Å². The lowest BCUT2D eigenvalue weighted by Crippen LogP contribution is -2.58. The van der Waals surface area contributed by atoms with Gasteiger partial charge in [0.15, 0.2) is 0 Å². The first-order valence-electron chi connectivity index (χ1n) is 14.8. The molecule has 0 spiro atoms. The van der Waals surface area contributed by atoms with E-state index in [2.05, 4.69) is 54.6 Å². The fourth-order valence-electron chi connectivity index (χ4n) is 8.68. The summed E-state index contributed by atoms with van der Waals surface area (Å²) in [6.07, 6.45) is 18.1. The fourth-order valence-corrected chi connectivity index (χ4v) is 8.68. The van der Waals surface area contributed by atoms with Crippen LogP contribution >= 0.6 is 0 Å². The van der Waals surface area contributed by atoms with Gasteiger partial charge in [0.2, 0.25) is 0 Å². The van der Waals surface area contributed by atoms with Crippen LogP contribution < -0.4 is 10.1 Å². The first kappa shape index (κ1) is 25.5. The lowest BCUT2D eigenvalue weighted by molar-refractivity contribution is -0.130. The summed E-state index contributed by atoms with van der Waals surface area (Å²) in [6, 6.07) is 15.1. The minimum Gasteiger partial charge on any atom is -0.497 e. The van der Waals surface area contributed by atoms with E-state index < -0.39 is 0 Å². The van der Waals surface area contributed by atoms with Crippen molar-refractivity contribution < 1.29 is 9.53 Å². The maximum Gasteiger partial charge on any atom is 0.299 e. The molecule has 4 saturated carbocycles. The number of hydrogen-bond donors (Lipinski definition) is 1. The van der Waals surface area contributed by atoms with Crippen molar-refractivity contribution in [3.63, 3.8) is 0 Å². The number of methoxy groups -OCH3 is 1. The Morgan fingerprint density at radius 3 is 2.37 bits per heavy atom. The molecule has 200 valence electrons. The molecule has 38 heavy (non-hydrogen) atoms.